The van der Waals surface area contributed by atoms with E-state index in [1.807, 2.05) is 12.1 Å². The Morgan fingerprint density at radius 1 is 1.36 bits per heavy atom. The maximum absolute atomic E-state index is 9.51. The minimum absolute atomic E-state index is 0.0936. The van der Waals surface area contributed by atoms with E-state index < -0.39 is 0 Å². The van der Waals surface area contributed by atoms with Crippen LogP contribution in [0.25, 0.3) is 0 Å². The number of unbranched alkanes of at least 4 members (excludes halogenated alkanes) is 1. The fourth-order valence-corrected chi connectivity index (χ4v) is 1.70. The van der Waals surface area contributed by atoms with Gasteiger partial charge >= 0.3 is 0 Å². The van der Waals surface area contributed by atoms with Crippen molar-refractivity contribution in [1.82, 2.24) is 0 Å². The fraction of sp³-hybridized carbons (Fsp3) is 0.455. The Labute approximate surface area is 90.0 Å². The van der Waals surface area contributed by atoms with E-state index in [0.717, 1.165) is 24.8 Å². The minimum Gasteiger partial charge on any atom is -0.506 e. The number of benzene rings is 1. The van der Waals surface area contributed by atoms with Crippen LogP contribution in [0.1, 0.15) is 30.9 Å². The zero-order valence-corrected chi connectivity index (χ0v) is 9.22. The lowest BCUT2D eigenvalue weighted by Crippen LogP contribution is -1.91. The van der Waals surface area contributed by atoms with Crippen LogP contribution in [-0.4, -0.2) is 10.2 Å². The number of aromatic hydroxyl groups is 1. The van der Waals surface area contributed by atoms with E-state index in [0.29, 0.717) is 10.5 Å². The highest BCUT2D eigenvalue weighted by molar-refractivity contribution is 7.80. The van der Waals surface area contributed by atoms with Crippen LogP contribution < -0.4 is 0 Å². The van der Waals surface area contributed by atoms with Gasteiger partial charge < -0.3 is 10.2 Å². The molecular formula is C11H16O2S. The van der Waals surface area contributed by atoms with Crippen molar-refractivity contribution < 1.29 is 10.2 Å². The van der Waals surface area contributed by atoms with Crippen LogP contribution in [0.2, 0.25) is 0 Å². The zero-order chi connectivity index (χ0) is 10.6. The first kappa shape index (κ1) is 11.4. The first-order chi connectivity index (χ1) is 6.69. The van der Waals surface area contributed by atoms with Gasteiger partial charge in [-0.2, -0.15) is 0 Å². The highest BCUT2D eigenvalue weighted by Crippen LogP contribution is 2.28. The van der Waals surface area contributed by atoms with Gasteiger partial charge in [-0.3, -0.25) is 0 Å². The molecule has 0 saturated carbocycles. The summed E-state index contributed by atoms with van der Waals surface area (Å²) in [6.07, 6.45) is 3.22. The fourth-order valence-electron chi connectivity index (χ4n) is 1.39. The van der Waals surface area contributed by atoms with Gasteiger partial charge in [0.15, 0.2) is 0 Å². The number of hydrogen-bond acceptors (Lipinski definition) is 3. The van der Waals surface area contributed by atoms with Gasteiger partial charge in [0.25, 0.3) is 0 Å². The third-order valence-corrected chi connectivity index (χ3v) is 2.56. The summed E-state index contributed by atoms with van der Waals surface area (Å²) in [5.41, 5.74) is 1.68. The summed E-state index contributed by atoms with van der Waals surface area (Å²) in [6, 6.07) is 3.69. The van der Waals surface area contributed by atoms with Crippen molar-refractivity contribution in [1.29, 1.82) is 0 Å². The van der Waals surface area contributed by atoms with Gasteiger partial charge in [-0.15, -0.1) is 12.6 Å². The second-order valence-corrected chi connectivity index (χ2v) is 3.87. The Kier molecular flexibility index (Phi) is 4.29. The molecule has 2 N–H and O–H groups in total. The Morgan fingerprint density at radius 3 is 2.64 bits per heavy atom. The van der Waals surface area contributed by atoms with Crippen LogP contribution in [0.15, 0.2) is 17.0 Å². The summed E-state index contributed by atoms with van der Waals surface area (Å²) in [6.45, 7) is 1.99. The van der Waals surface area contributed by atoms with E-state index in [2.05, 4.69) is 19.6 Å². The van der Waals surface area contributed by atoms with Crippen LogP contribution in [0, 0.1) is 0 Å². The van der Waals surface area contributed by atoms with E-state index in [1.165, 1.54) is 0 Å². The highest BCUT2D eigenvalue weighted by atomic mass is 32.1. The molecule has 1 rings (SSSR count). The van der Waals surface area contributed by atoms with Gasteiger partial charge in [-0.1, -0.05) is 13.3 Å². The highest BCUT2D eigenvalue weighted by Gasteiger charge is 2.06. The molecule has 0 aliphatic heterocycles. The number of phenols is 1. The standard InChI is InChI=1S/C11H16O2S/c1-2-3-4-8-5-9(7-12)11(13)10(14)6-8/h5-6,12-14H,2-4,7H2,1H3. The monoisotopic (exact) mass is 212 g/mol. The van der Waals surface area contributed by atoms with Crippen LogP contribution in [0.3, 0.4) is 0 Å². The number of aliphatic hydroxyl groups is 1. The first-order valence-electron chi connectivity index (χ1n) is 4.83. The van der Waals surface area contributed by atoms with Crippen molar-refractivity contribution in [3.63, 3.8) is 0 Å². The van der Waals surface area contributed by atoms with Crippen LogP contribution in [0.4, 0.5) is 0 Å². The number of thiol groups is 1. The zero-order valence-electron chi connectivity index (χ0n) is 8.32. The molecule has 78 valence electrons. The molecule has 0 amide bonds. The molecule has 1 aromatic rings. The quantitative estimate of drug-likeness (QED) is 0.671. The lowest BCUT2D eigenvalue weighted by atomic mass is 10.0. The Balaban J connectivity index is 2.91. The molecule has 2 nitrogen and oxygen atoms in total. The summed E-state index contributed by atoms with van der Waals surface area (Å²) in [5.74, 6) is 0.0936. The molecule has 3 heteroatoms. The summed E-state index contributed by atoms with van der Waals surface area (Å²) in [4.78, 5) is 0.544. The predicted octanol–water partition coefficient (Wildman–Crippen LogP) is 2.52. The topological polar surface area (TPSA) is 40.5 Å². The third kappa shape index (κ3) is 2.66. The van der Waals surface area contributed by atoms with Crippen molar-refractivity contribution in [3.8, 4) is 5.75 Å². The summed E-state index contributed by atoms with van der Waals surface area (Å²) >= 11 is 4.15. The second-order valence-electron chi connectivity index (χ2n) is 3.38. The van der Waals surface area contributed by atoms with Gasteiger partial charge in [0, 0.05) is 10.5 Å². The number of hydrogen-bond donors (Lipinski definition) is 3. The molecule has 0 aromatic heterocycles. The van der Waals surface area contributed by atoms with Crippen LogP contribution in [-0.2, 0) is 13.0 Å². The van der Waals surface area contributed by atoms with E-state index in [-0.39, 0.29) is 12.4 Å². The summed E-state index contributed by atoms with van der Waals surface area (Å²) < 4.78 is 0. The molecule has 0 spiro atoms. The second kappa shape index (κ2) is 5.27. The number of rotatable bonds is 4. The summed E-state index contributed by atoms with van der Waals surface area (Å²) in [5, 5.41) is 18.5. The summed E-state index contributed by atoms with van der Waals surface area (Å²) in [7, 11) is 0. The van der Waals surface area contributed by atoms with Crippen LogP contribution in [0.5, 0.6) is 5.75 Å². The molecule has 0 aliphatic carbocycles. The SMILES string of the molecule is CCCCc1cc(S)c(O)c(CO)c1. The van der Waals surface area contributed by atoms with E-state index in [9.17, 15) is 5.11 Å². The van der Waals surface area contributed by atoms with E-state index in [1.54, 1.807) is 0 Å². The normalized spacial score (nSPS) is 10.5. The maximum atomic E-state index is 9.51. The lowest BCUT2D eigenvalue weighted by Gasteiger charge is -2.08. The van der Waals surface area contributed by atoms with Crippen molar-refractivity contribution in [3.05, 3.63) is 23.3 Å². The molecule has 0 atom stereocenters. The molecular weight excluding hydrogens is 196 g/mol. The molecule has 0 bridgehead atoms. The van der Waals surface area contributed by atoms with Gasteiger partial charge in [0.05, 0.1) is 6.61 Å². The first-order valence-corrected chi connectivity index (χ1v) is 5.28. The maximum Gasteiger partial charge on any atom is 0.134 e. The Bertz CT molecular complexity index is 310. The molecule has 14 heavy (non-hydrogen) atoms. The lowest BCUT2D eigenvalue weighted by molar-refractivity contribution is 0.274. The Morgan fingerprint density at radius 2 is 2.07 bits per heavy atom. The molecule has 0 heterocycles. The predicted molar refractivity (Wildman–Crippen MR) is 59.9 cm³/mol. The van der Waals surface area contributed by atoms with Gasteiger partial charge in [0.1, 0.15) is 5.75 Å². The molecule has 0 radical (unpaired) electrons. The van der Waals surface area contributed by atoms with Crippen molar-refractivity contribution in [2.75, 3.05) is 0 Å². The van der Waals surface area contributed by atoms with Crippen molar-refractivity contribution in [2.24, 2.45) is 0 Å². The Hall–Kier alpha value is -0.670. The number of aliphatic hydroxyl groups excluding tert-OH is 1. The van der Waals surface area contributed by atoms with Gasteiger partial charge in [-0.05, 0) is 30.5 Å². The molecule has 0 unspecified atom stereocenters. The molecule has 1 aromatic carbocycles. The third-order valence-electron chi connectivity index (χ3n) is 2.22. The number of aryl methyl sites for hydroxylation is 1. The molecule has 0 saturated heterocycles. The molecule has 0 fully saturated rings. The van der Waals surface area contributed by atoms with Gasteiger partial charge in [-0.25, -0.2) is 0 Å². The van der Waals surface area contributed by atoms with Crippen molar-refractivity contribution >= 4 is 12.6 Å². The average Bonchev–Trinajstić information content (AvgIpc) is 2.19. The van der Waals surface area contributed by atoms with Crippen LogP contribution >= 0.6 is 12.6 Å². The molecule has 0 aliphatic rings. The smallest absolute Gasteiger partial charge is 0.134 e. The minimum atomic E-state index is -0.140. The van der Waals surface area contributed by atoms with E-state index in [4.69, 9.17) is 5.11 Å². The largest absolute Gasteiger partial charge is 0.506 e. The average molecular weight is 212 g/mol. The van der Waals surface area contributed by atoms with Crippen molar-refractivity contribution in [2.45, 2.75) is 37.7 Å². The van der Waals surface area contributed by atoms with E-state index >= 15 is 0 Å². The van der Waals surface area contributed by atoms with Gasteiger partial charge in [0.2, 0.25) is 0 Å².